The van der Waals surface area contributed by atoms with Crippen molar-refractivity contribution in [3.8, 4) is 0 Å². The van der Waals surface area contributed by atoms with Crippen LogP contribution in [-0.4, -0.2) is 4.99 Å². The van der Waals surface area contributed by atoms with Gasteiger partial charge in [-0.15, -0.1) is 0 Å². The predicted octanol–water partition coefficient (Wildman–Crippen LogP) is 8.89. The van der Waals surface area contributed by atoms with Crippen LogP contribution in [0.5, 0.6) is 0 Å². The fourth-order valence-corrected chi connectivity index (χ4v) is 3.29. The van der Waals surface area contributed by atoms with Gasteiger partial charge in [-0.2, -0.15) is 0 Å². The molecule has 0 bridgehead atoms. The number of nitrogens with one attached hydrogen (secondary N) is 1. The second-order valence-electron chi connectivity index (χ2n) is 7.51. The highest BCUT2D eigenvalue weighted by Gasteiger charge is 2.05. The summed E-state index contributed by atoms with van der Waals surface area (Å²) >= 11 is 5.09. The maximum absolute atomic E-state index is 5.09. The Balaban J connectivity index is 0.000000668. The first-order chi connectivity index (χ1) is 15.2. The van der Waals surface area contributed by atoms with Crippen molar-refractivity contribution in [2.45, 2.75) is 60.9 Å². The van der Waals surface area contributed by atoms with Crippen LogP contribution in [0.15, 0.2) is 85.5 Å². The molecule has 2 rings (SSSR count). The zero-order valence-electron chi connectivity index (χ0n) is 21.0. The van der Waals surface area contributed by atoms with Gasteiger partial charge in [-0.1, -0.05) is 129 Å². The van der Waals surface area contributed by atoms with E-state index in [9.17, 15) is 0 Å². The molecule has 1 N–H and O–H groups in total. The normalized spacial score (nSPS) is 11.1. The number of benzene rings is 2. The lowest BCUT2D eigenvalue weighted by molar-refractivity contribution is 0.720. The monoisotopic (exact) mass is 447 g/mol. The molecule has 2 aromatic carbocycles. The predicted molar refractivity (Wildman–Crippen MR) is 150 cm³/mol. The zero-order chi connectivity index (χ0) is 24.5. The molecule has 0 radical (unpaired) electrons. The van der Waals surface area contributed by atoms with Crippen molar-refractivity contribution in [2.75, 3.05) is 0 Å². The second kappa shape index (κ2) is 16.9. The van der Waals surface area contributed by atoms with E-state index < -0.39 is 0 Å². The summed E-state index contributed by atoms with van der Waals surface area (Å²) < 4.78 is 0. The second-order valence-corrected chi connectivity index (χ2v) is 8.12. The number of rotatable bonds is 7. The molecule has 0 saturated heterocycles. The molecule has 1 unspecified atom stereocenters. The first kappa shape index (κ1) is 29.3. The van der Waals surface area contributed by atoms with Crippen LogP contribution in [-0.2, 0) is 6.42 Å². The van der Waals surface area contributed by atoms with Crippen molar-refractivity contribution in [3.63, 3.8) is 0 Å². The number of aryl methyl sites for hydroxylation is 2. The topological polar surface area (TPSA) is 12.0 Å². The summed E-state index contributed by atoms with van der Waals surface area (Å²) in [7, 11) is 0. The van der Waals surface area contributed by atoms with Crippen LogP contribution in [0.1, 0.15) is 68.5 Å². The fourth-order valence-electron chi connectivity index (χ4n) is 3.11. The van der Waals surface area contributed by atoms with E-state index in [-0.39, 0.29) is 6.04 Å². The van der Waals surface area contributed by atoms with E-state index in [1.165, 1.54) is 27.8 Å². The van der Waals surface area contributed by atoms with Crippen molar-refractivity contribution in [2.24, 2.45) is 0 Å². The van der Waals surface area contributed by atoms with Gasteiger partial charge in [-0.25, -0.2) is 0 Å². The Bertz CT molecular complexity index is 898. The molecule has 0 saturated carbocycles. The average molecular weight is 448 g/mol. The highest BCUT2D eigenvalue weighted by atomic mass is 32.1. The third-order valence-electron chi connectivity index (χ3n) is 4.42. The quantitative estimate of drug-likeness (QED) is 0.336. The van der Waals surface area contributed by atoms with Gasteiger partial charge in [0.25, 0.3) is 0 Å². The van der Waals surface area contributed by atoms with Crippen molar-refractivity contribution in [3.05, 3.63) is 113 Å². The van der Waals surface area contributed by atoms with Crippen molar-refractivity contribution >= 4 is 23.3 Å². The van der Waals surface area contributed by atoms with E-state index >= 15 is 0 Å². The highest BCUT2D eigenvalue weighted by Crippen LogP contribution is 2.16. The Kier molecular flexibility index (Phi) is 15.5. The van der Waals surface area contributed by atoms with E-state index in [2.05, 4.69) is 87.8 Å². The smallest absolute Gasteiger partial charge is 0.0726 e. The van der Waals surface area contributed by atoms with Crippen LogP contribution in [0.3, 0.4) is 0 Å². The van der Waals surface area contributed by atoms with E-state index in [0.717, 1.165) is 17.0 Å². The van der Waals surface area contributed by atoms with Crippen LogP contribution >= 0.6 is 12.2 Å². The molecule has 0 amide bonds. The third kappa shape index (κ3) is 12.9. The Labute approximate surface area is 202 Å². The fraction of sp³-hybridized carbons (Fsp3) is 0.300. The van der Waals surface area contributed by atoms with Crippen LogP contribution < -0.4 is 5.32 Å². The van der Waals surface area contributed by atoms with Crippen molar-refractivity contribution in [1.29, 1.82) is 0 Å². The minimum absolute atomic E-state index is 0.235. The molecule has 2 heteroatoms. The largest absolute Gasteiger partial charge is 0.373 e. The number of allylic oxidation sites excluding steroid dienone is 5. The van der Waals surface area contributed by atoms with Gasteiger partial charge in [0.15, 0.2) is 0 Å². The summed E-state index contributed by atoms with van der Waals surface area (Å²) in [4.78, 5) is 0.821. The molecule has 0 aliphatic rings. The highest BCUT2D eigenvalue weighted by molar-refractivity contribution is 7.80. The SMILES string of the molecule is C=C(/C=C\C=C/C)Cc1cccc(C(C)NC(C)=S)c1.C=Cc1cc(C)cc(C)c1.CC. The van der Waals surface area contributed by atoms with E-state index in [1.54, 1.807) is 0 Å². The number of hydrogen-bond acceptors (Lipinski definition) is 1. The number of thiocarbonyl (C=S) groups is 1. The maximum Gasteiger partial charge on any atom is 0.0726 e. The van der Waals surface area contributed by atoms with Crippen LogP contribution in [0.4, 0.5) is 0 Å². The third-order valence-corrected chi connectivity index (χ3v) is 4.54. The lowest BCUT2D eigenvalue weighted by atomic mass is 10.0. The summed E-state index contributed by atoms with van der Waals surface area (Å²) in [6.07, 6.45) is 10.8. The Morgan fingerprint density at radius 3 is 2.22 bits per heavy atom. The van der Waals surface area contributed by atoms with Gasteiger partial charge >= 0.3 is 0 Å². The van der Waals surface area contributed by atoms with Crippen molar-refractivity contribution in [1.82, 2.24) is 5.32 Å². The summed E-state index contributed by atoms with van der Waals surface area (Å²) in [5.74, 6) is 0. The summed E-state index contributed by atoms with van der Waals surface area (Å²) in [6, 6.07) is 15.2. The Morgan fingerprint density at radius 2 is 1.69 bits per heavy atom. The molecular weight excluding hydrogens is 406 g/mol. The Morgan fingerprint density at radius 1 is 1.06 bits per heavy atom. The lowest BCUT2D eigenvalue weighted by Gasteiger charge is -2.15. The Hall–Kier alpha value is -2.71. The van der Waals surface area contributed by atoms with E-state index in [4.69, 9.17) is 12.2 Å². The van der Waals surface area contributed by atoms with E-state index in [0.29, 0.717) is 0 Å². The van der Waals surface area contributed by atoms with Gasteiger partial charge < -0.3 is 5.32 Å². The molecule has 2 aromatic rings. The molecule has 0 aromatic heterocycles. The van der Waals surface area contributed by atoms with Gasteiger partial charge in [-0.3, -0.25) is 0 Å². The van der Waals surface area contributed by atoms with Crippen LogP contribution in [0.25, 0.3) is 6.08 Å². The zero-order valence-corrected chi connectivity index (χ0v) is 21.9. The molecule has 1 atom stereocenters. The summed E-state index contributed by atoms with van der Waals surface area (Å²) in [5.41, 5.74) is 7.43. The standard InChI is InChI=1S/C18H23NS.C10H12.C2H6/c1-5-6-7-9-14(2)12-17-10-8-11-18(13-17)15(3)19-16(4)20;1-4-10-6-8(2)5-9(3)7-10;1-2/h5-11,13,15H,2,12H2,1,3-4H3,(H,19,20);4-7H,1H2,2-3H3;1-2H3/b6-5-,9-7-;;. The molecule has 0 aliphatic carbocycles. The van der Waals surface area contributed by atoms with Gasteiger partial charge in [0.1, 0.15) is 0 Å². The molecule has 0 spiro atoms. The molecular formula is C30H41NS. The number of hydrogen-bond donors (Lipinski definition) is 1. The van der Waals surface area contributed by atoms with Crippen molar-refractivity contribution < 1.29 is 0 Å². The minimum Gasteiger partial charge on any atom is -0.373 e. The van der Waals surface area contributed by atoms with Crippen LogP contribution in [0.2, 0.25) is 0 Å². The van der Waals surface area contributed by atoms with Gasteiger partial charge in [-0.05, 0) is 57.7 Å². The van der Waals surface area contributed by atoms with Gasteiger partial charge in [0.2, 0.25) is 0 Å². The lowest BCUT2D eigenvalue weighted by Crippen LogP contribution is -2.22. The van der Waals surface area contributed by atoms with Crippen LogP contribution in [0, 0.1) is 13.8 Å². The summed E-state index contributed by atoms with van der Waals surface area (Å²) in [6.45, 7) is 22.0. The molecule has 0 heterocycles. The minimum atomic E-state index is 0.235. The van der Waals surface area contributed by atoms with E-state index in [1.807, 2.05) is 52.0 Å². The molecule has 32 heavy (non-hydrogen) atoms. The average Bonchev–Trinajstić information content (AvgIpc) is 2.75. The first-order valence-electron chi connectivity index (χ1n) is 11.3. The molecule has 172 valence electrons. The first-order valence-corrected chi connectivity index (χ1v) is 11.7. The van der Waals surface area contributed by atoms with Gasteiger partial charge in [0, 0.05) is 6.04 Å². The molecule has 0 aliphatic heterocycles. The molecule has 1 nitrogen and oxygen atoms in total. The summed E-state index contributed by atoms with van der Waals surface area (Å²) in [5, 5.41) is 3.27. The molecule has 0 fully saturated rings. The maximum atomic E-state index is 5.09. The van der Waals surface area contributed by atoms with Gasteiger partial charge in [0.05, 0.1) is 4.99 Å².